The Balaban J connectivity index is 1.37. The SMILES string of the molecule is C1=Cc2ccc3c(c2CC1)c1ccccc1c1c2c(n(-c4ccc5oc6c7ccccc7ccc6c5c4)c31)CCC=C2. The predicted molar refractivity (Wildman–Crippen MR) is 178 cm³/mol. The first-order valence-electron chi connectivity index (χ1n) is 15.1. The smallest absolute Gasteiger partial charge is 0.143 e. The summed E-state index contributed by atoms with van der Waals surface area (Å²) in [4.78, 5) is 0. The molecule has 2 aromatic heterocycles. The molecule has 2 nitrogen and oxygen atoms in total. The zero-order valence-corrected chi connectivity index (χ0v) is 23.2. The van der Waals surface area contributed by atoms with Crippen LogP contribution in [0, 0.1) is 0 Å². The van der Waals surface area contributed by atoms with Gasteiger partial charge >= 0.3 is 0 Å². The zero-order valence-electron chi connectivity index (χ0n) is 23.2. The van der Waals surface area contributed by atoms with Crippen LogP contribution in [0.3, 0.4) is 0 Å². The van der Waals surface area contributed by atoms with E-state index in [1.54, 1.807) is 0 Å². The minimum Gasteiger partial charge on any atom is -0.455 e. The van der Waals surface area contributed by atoms with Crippen LogP contribution < -0.4 is 0 Å². The molecular weight excluding hydrogens is 510 g/mol. The van der Waals surface area contributed by atoms with Crippen LogP contribution >= 0.6 is 0 Å². The lowest BCUT2D eigenvalue weighted by Crippen LogP contribution is -2.03. The molecule has 2 heteroatoms. The number of rotatable bonds is 1. The van der Waals surface area contributed by atoms with Gasteiger partial charge in [0, 0.05) is 43.9 Å². The molecule has 0 bridgehead atoms. The molecule has 0 N–H and O–H groups in total. The number of hydrogen-bond acceptors (Lipinski definition) is 1. The van der Waals surface area contributed by atoms with E-state index in [1.165, 1.54) is 76.7 Å². The van der Waals surface area contributed by atoms with Crippen molar-refractivity contribution in [3.63, 3.8) is 0 Å². The van der Waals surface area contributed by atoms with Gasteiger partial charge in [-0.1, -0.05) is 91.0 Å². The summed E-state index contributed by atoms with van der Waals surface area (Å²) in [6, 6.07) is 33.5. The molecule has 0 saturated heterocycles. The van der Waals surface area contributed by atoms with Gasteiger partial charge in [0.2, 0.25) is 0 Å². The highest BCUT2D eigenvalue weighted by Crippen LogP contribution is 2.46. The zero-order chi connectivity index (χ0) is 27.4. The molecule has 8 aromatic rings. The highest BCUT2D eigenvalue weighted by Gasteiger charge is 2.25. The summed E-state index contributed by atoms with van der Waals surface area (Å²) in [5, 5.41) is 11.6. The van der Waals surface area contributed by atoms with Crippen molar-refractivity contribution in [2.45, 2.75) is 25.7 Å². The first-order chi connectivity index (χ1) is 20.8. The maximum absolute atomic E-state index is 6.50. The molecule has 0 atom stereocenters. The number of aromatic nitrogens is 1. The van der Waals surface area contributed by atoms with Crippen molar-refractivity contribution >= 4 is 77.3 Å². The Morgan fingerprint density at radius 2 is 1.38 bits per heavy atom. The standard InChI is InChI=1S/C40H27NO/c1-3-11-27-24(9-1)18-21-33-37(27)29-13-5-6-14-30(29)38-32-15-7-8-16-35(32)41(39(33)38)26-19-22-36-34(23-26)31-20-17-25-10-2-4-12-28(25)40(31)42-36/h1-2,4-7,9-10,12-15,17-23H,3,8,11,16H2. The predicted octanol–water partition coefficient (Wildman–Crippen LogP) is 10.9. The van der Waals surface area contributed by atoms with Gasteiger partial charge in [-0.3, -0.25) is 0 Å². The summed E-state index contributed by atoms with van der Waals surface area (Å²) in [6.07, 6.45) is 13.6. The molecule has 10 rings (SSSR count). The van der Waals surface area contributed by atoms with Crippen molar-refractivity contribution in [2.24, 2.45) is 0 Å². The van der Waals surface area contributed by atoms with E-state index in [4.69, 9.17) is 4.42 Å². The largest absolute Gasteiger partial charge is 0.455 e. The van der Waals surface area contributed by atoms with E-state index < -0.39 is 0 Å². The van der Waals surface area contributed by atoms with Crippen molar-refractivity contribution in [1.82, 2.24) is 4.57 Å². The van der Waals surface area contributed by atoms with Crippen LogP contribution in [-0.4, -0.2) is 4.57 Å². The van der Waals surface area contributed by atoms with Gasteiger partial charge in [-0.05, 0) is 82.6 Å². The van der Waals surface area contributed by atoms with Crippen LogP contribution in [-0.2, 0) is 12.8 Å². The second-order valence-electron chi connectivity index (χ2n) is 11.8. The van der Waals surface area contributed by atoms with Gasteiger partial charge in [0.15, 0.2) is 0 Å². The van der Waals surface area contributed by atoms with Gasteiger partial charge in [0.25, 0.3) is 0 Å². The Morgan fingerprint density at radius 3 is 2.31 bits per heavy atom. The molecule has 198 valence electrons. The second-order valence-corrected chi connectivity index (χ2v) is 11.8. The molecule has 0 aliphatic heterocycles. The van der Waals surface area contributed by atoms with Crippen LogP contribution in [0.25, 0.3) is 83.0 Å². The van der Waals surface area contributed by atoms with Crippen molar-refractivity contribution in [1.29, 1.82) is 0 Å². The van der Waals surface area contributed by atoms with E-state index in [2.05, 4.69) is 120 Å². The lowest BCUT2D eigenvalue weighted by molar-refractivity contribution is 0.672. The van der Waals surface area contributed by atoms with Crippen LogP contribution in [0.15, 0.2) is 108 Å². The fourth-order valence-electron chi connectivity index (χ4n) is 7.88. The van der Waals surface area contributed by atoms with Gasteiger partial charge in [0.1, 0.15) is 11.2 Å². The average Bonchev–Trinajstić information content (AvgIpc) is 3.61. The van der Waals surface area contributed by atoms with Crippen molar-refractivity contribution in [3.05, 3.63) is 126 Å². The molecule has 2 heterocycles. The van der Waals surface area contributed by atoms with E-state index in [1.807, 2.05) is 0 Å². The molecule has 0 saturated carbocycles. The van der Waals surface area contributed by atoms with Crippen molar-refractivity contribution in [2.75, 3.05) is 0 Å². The second kappa shape index (κ2) is 8.24. The molecule has 0 unspecified atom stereocenters. The molecule has 0 radical (unpaired) electrons. The fraction of sp³-hybridized carbons (Fsp3) is 0.100. The van der Waals surface area contributed by atoms with Crippen LogP contribution in [0.4, 0.5) is 0 Å². The van der Waals surface area contributed by atoms with Gasteiger partial charge in [0.05, 0.1) is 5.52 Å². The summed E-state index contributed by atoms with van der Waals surface area (Å²) >= 11 is 0. The van der Waals surface area contributed by atoms with E-state index in [0.29, 0.717) is 0 Å². The van der Waals surface area contributed by atoms with E-state index in [-0.39, 0.29) is 0 Å². The lowest BCUT2D eigenvalue weighted by Gasteiger charge is -2.18. The van der Waals surface area contributed by atoms with Crippen LogP contribution in [0.2, 0.25) is 0 Å². The molecule has 42 heavy (non-hydrogen) atoms. The number of hydrogen-bond donors (Lipinski definition) is 0. The van der Waals surface area contributed by atoms with E-state index in [9.17, 15) is 0 Å². The first-order valence-corrected chi connectivity index (χ1v) is 15.1. The Labute approximate surface area is 242 Å². The summed E-state index contributed by atoms with van der Waals surface area (Å²) in [5.41, 5.74) is 10.1. The Hall–Kier alpha value is -5.08. The number of furan rings is 1. The molecule has 2 aliphatic rings. The topological polar surface area (TPSA) is 18.1 Å². The van der Waals surface area contributed by atoms with Crippen LogP contribution in [0.5, 0.6) is 0 Å². The summed E-state index contributed by atoms with van der Waals surface area (Å²) < 4.78 is 9.08. The number of nitrogens with zero attached hydrogens (tertiary/aromatic N) is 1. The monoisotopic (exact) mass is 537 g/mol. The normalized spacial score (nSPS) is 14.6. The van der Waals surface area contributed by atoms with Gasteiger partial charge in [-0.25, -0.2) is 0 Å². The third-order valence-electron chi connectivity index (χ3n) is 9.67. The minimum atomic E-state index is 0.937. The van der Waals surface area contributed by atoms with Crippen LogP contribution in [0.1, 0.15) is 35.2 Å². The maximum atomic E-state index is 6.50. The summed E-state index contributed by atoms with van der Waals surface area (Å²) in [7, 11) is 0. The number of aryl methyl sites for hydroxylation is 1. The fourth-order valence-corrected chi connectivity index (χ4v) is 7.88. The first kappa shape index (κ1) is 22.6. The van der Waals surface area contributed by atoms with Gasteiger partial charge in [-0.2, -0.15) is 0 Å². The Kier molecular flexibility index (Phi) is 4.43. The third-order valence-corrected chi connectivity index (χ3v) is 9.67. The summed E-state index contributed by atoms with van der Waals surface area (Å²) in [5.74, 6) is 0. The van der Waals surface area contributed by atoms with Gasteiger partial charge < -0.3 is 8.98 Å². The van der Waals surface area contributed by atoms with E-state index in [0.717, 1.165) is 42.2 Å². The Bertz CT molecular complexity index is 2520. The van der Waals surface area contributed by atoms with E-state index >= 15 is 0 Å². The van der Waals surface area contributed by atoms with Gasteiger partial charge in [-0.15, -0.1) is 0 Å². The number of allylic oxidation sites excluding steroid dienone is 2. The summed E-state index contributed by atoms with van der Waals surface area (Å²) in [6.45, 7) is 0. The highest BCUT2D eigenvalue weighted by atomic mass is 16.3. The average molecular weight is 538 g/mol. The number of benzene rings is 6. The molecular formula is C40H27NO. The quantitative estimate of drug-likeness (QED) is 0.190. The molecule has 0 fully saturated rings. The van der Waals surface area contributed by atoms with Crippen molar-refractivity contribution in [3.8, 4) is 5.69 Å². The Morgan fingerprint density at radius 1 is 0.595 bits per heavy atom. The number of fused-ring (bicyclic) bond motifs is 15. The minimum absolute atomic E-state index is 0.937. The molecule has 6 aromatic carbocycles. The maximum Gasteiger partial charge on any atom is 0.143 e. The molecule has 0 spiro atoms. The lowest BCUT2D eigenvalue weighted by atomic mass is 9.87. The third kappa shape index (κ3) is 2.89. The van der Waals surface area contributed by atoms with Crippen molar-refractivity contribution < 1.29 is 4.42 Å². The highest BCUT2D eigenvalue weighted by molar-refractivity contribution is 6.28. The molecule has 2 aliphatic carbocycles. The molecule has 0 amide bonds.